The van der Waals surface area contributed by atoms with Crippen LogP contribution in [-0.2, 0) is 27.2 Å². The van der Waals surface area contributed by atoms with E-state index in [0.29, 0.717) is 12.3 Å². The lowest BCUT2D eigenvalue weighted by molar-refractivity contribution is -0.151. The second-order valence-corrected chi connectivity index (χ2v) is 12.2. The molecule has 0 spiro atoms. The van der Waals surface area contributed by atoms with Crippen molar-refractivity contribution in [2.24, 2.45) is 5.41 Å². The van der Waals surface area contributed by atoms with E-state index in [0.717, 1.165) is 53.7 Å². The maximum Gasteiger partial charge on any atom is 0.328 e. The molecular formula is C29H36N4O4S. The Morgan fingerprint density at radius 2 is 2.00 bits per heavy atom. The van der Waals surface area contributed by atoms with E-state index >= 15 is 0 Å². The molecule has 2 aromatic heterocycles. The molecule has 5 rings (SSSR count). The van der Waals surface area contributed by atoms with Gasteiger partial charge in [-0.15, -0.1) is 11.3 Å². The maximum absolute atomic E-state index is 14.0. The first-order valence-electron chi connectivity index (χ1n) is 13.4. The second-order valence-electron chi connectivity index (χ2n) is 11.3. The summed E-state index contributed by atoms with van der Waals surface area (Å²) in [6, 6.07) is 7.11. The number of nitrogens with one attached hydrogen (secondary N) is 1. The summed E-state index contributed by atoms with van der Waals surface area (Å²) >= 11 is 1.52. The number of amides is 1. The number of carbonyl (C=O) groups excluding carboxylic acids is 2. The first-order valence-corrected chi connectivity index (χ1v) is 14.2. The van der Waals surface area contributed by atoms with Gasteiger partial charge in [0.1, 0.15) is 18.2 Å². The Balaban J connectivity index is 1.52. The van der Waals surface area contributed by atoms with Crippen LogP contribution in [0.2, 0.25) is 0 Å². The lowest BCUT2D eigenvalue weighted by Crippen LogP contribution is -2.52. The number of benzene rings is 1. The molecule has 1 amide bonds. The second kappa shape index (κ2) is 10.9. The van der Waals surface area contributed by atoms with Crippen molar-refractivity contribution in [3.05, 3.63) is 47.1 Å². The van der Waals surface area contributed by atoms with E-state index in [1.807, 2.05) is 26.8 Å². The Bertz CT molecular complexity index is 1320. The Morgan fingerprint density at radius 3 is 2.79 bits per heavy atom. The van der Waals surface area contributed by atoms with Gasteiger partial charge in [0, 0.05) is 23.4 Å². The van der Waals surface area contributed by atoms with E-state index < -0.39 is 23.5 Å². The molecular weight excluding hydrogens is 500 g/mol. The summed E-state index contributed by atoms with van der Waals surface area (Å²) in [4.78, 5) is 37.8. The van der Waals surface area contributed by atoms with Gasteiger partial charge in [0.25, 0.3) is 0 Å². The van der Waals surface area contributed by atoms with E-state index in [-0.39, 0.29) is 18.6 Å². The zero-order valence-electron chi connectivity index (χ0n) is 22.5. The number of methoxy groups -OCH3 is 1. The van der Waals surface area contributed by atoms with E-state index in [9.17, 15) is 9.59 Å². The molecule has 4 heterocycles. The van der Waals surface area contributed by atoms with Crippen LogP contribution in [0.3, 0.4) is 0 Å². The number of nitrogens with zero attached hydrogens (tertiary/aromatic N) is 3. The zero-order valence-corrected chi connectivity index (χ0v) is 23.3. The van der Waals surface area contributed by atoms with Crippen LogP contribution in [0.1, 0.15) is 57.7 Å². The summed E-state index contributed by atoms with van der Waals surface area (Å²) in [6.45, 7) is 6.32. The third-order valence-corrected chi connectivity index (χ3v) is 8.24. The number of aromatic nitrogens is 2. The predicted molar refractivity (Wildman–Crippen MR) is 149 cm³/mol. The minimum atomic E-state index is -0.730. The van der Waals surface area contributed by atoms with Gasteiger partial charge in [0.2, 0.25) is 11.8 Å². The highest BCUT2D eigenvalue weighted by molar-refractivity contribution is 7.13. The molecule has 1 saturated heterocycles. The van der Waals surface area contributed by atoms with Gasteiger partial charge in [-0.3, -0.25) is 4.79 Å². The number of hydrogen-bond acceptors (Lipinski definition) is 8. The number of anilines is 1. The molecule has 2 aliphatic rings. The number of aryl methyl sites for hydroxylation is 2. The van der Waals surface area contributed by atoms with Crippen molar-refractivity contribution in [1.82, 2.24) is 14.9 Å². The topological polar surface area (TPSA) is 93.7 Å². The first-order chi connectivity index (χ1) is 18.2. The van der Waals surface area contributed by atoms with Crippen molar-refractivity contribution in [3.63, 3.8) is 0 Å². The van der Waals surface area contributed by atoms with Crippen LogP contribution in [0.25, 0.3) is 10.8 Å². The maximum atomic E-state index is 14.0. The summed E-state index contributed by atoms with van der Waals surface area (Å²) in [7, 11) is 1.35. The van der Waals surface area contributed by atoms with Crippen molar-refractivity contribution in [3.8, 4) is 5.88 Å². The van der Waals surface area contributed by atoms with Crippen molar-refractivity contribution in [2.45, 2.75) is 77.5 Å². The summed E-state index contributed by atoms with van der Waals surface area (Å²) in [5.74, 6) is -0.0727. The Labute approximate surface area is 227 Å². The fourth-order valence-corrected chi connectivity index (χ4v) is 6.09. The van der Waals surface area contributed by atoms with Crippen LogP contribution in [0.5, 0.6) is 5.88 Å². The van der Waals surface area contributed by atoms with Crippen LogP contribution in [-0.4, -0.2) is 58.6 Å². The molecule has 0 radical (unpaired) electrons. The van der Waals surface area contributed by atoms with Gasteiger partial charge in [-0.25, -0.2) is 14.8 Å². The van der Waals surface area contributed by atoms with E-state index in [2.05, 4.69) is 33.9 Å². The predicted octanol–water partition coefficient (Wildman–Crippen LogP) is 5.01. The lowest BCUT2D eigenvalue weighted by Gasteiger charge is -2.35. The van der Waals surface area contributed by atoms with Crippen LogP contribution in [0, 0.1) is 5.41 Å². The van der Waals surface area contributed by atoms with Gasteiger partial charge in [-0.2, -0.15) is 0 Å². The smallest absolute Gasteiger partial charge is 0.328 e. The summed E-state index contributed by atoms with van der Waals surface area (Å²) in [5.41, 5.74) is 1.87. The normalized spacial score (nSPS) is 22.8. The average Bonchev–Trinajstić information content (AvgIpc) is 3.52. The number of fused-ring (bicyclic) bond motifs is 5. The fourth-order valence-electron chi connectivity index (χ4n) is 5.32. The average molecular weight is 537 g/mol. The van der Waals surface area contributed by atoms with Gasteiger partial charge < -0.3 is 19.7 Å². The summed E-state index contributed by atoms with van der Waals surface area (Å²) < 4.78 is 11.5. The van der Waals surface area contributed by atoms with Crippen LogP contribution >= 0.6 is 11.3 Å². The molecule has 2 aliphatic heterocycles. The molecule has 1 N–H and O–H groups in total. The van der Waals surface area contributed by atoms with Crippen molar-refractivity contribution >= 4 is 39.1 Å². The van der Waals surface area contributed by atoms with Crippen molar-refractivity contribution in [2.75, 3.05) is 19.0 Å². The van der Waals surface area contributed by atoms with E-state index in [1.165, 1.54) is 24.0 Å². The Hall–Kier alpha value is -3.20. The molecule has 3 atom stereocenters. The summed E-state index contributed by atoms with van der Waals surface area (Å²) in [6.07, 6.45) is 6.85. The van der Waals surface area contributed by atoms with Gasteiger partial charge in [-0.05, 0) is 54.2 Å². The Kier molecular flexibility index (Phi) is 7.56. The minimum Gasteiger partial charge on any atom is -0.472 e. The number of thiazole rings is 1. The number of esters is 1. The molecule has 0 unspecified atom stereocenters. The van der Waals surface area contributed by atoms with E-state index in [4.69, 9.17) is 14.5 Å². The standard InChI is InChI=1S/C29H36N4O4S/c1-29(2,3)24-26(34)33-16-21(15-23(33)27(35)36-4)37-25-22-14-18(10-11-19(22)12-13-30-25)8-6-5-7-9-20-17-38-28(31-20)32-24/h10-14,17,21,23-24H,5-9,15-16H2,1-4H3,(H,31,32)/t21-,23+,24-/m1/s1. The van der Waals surface area contributed by atoms with Crippen molar-refractivity contribution < 1.29 is 19.1 Å². The molecule has 9 heteroatoms. The highest BCUT2D eigenvalue weighted by atomic mass is 32.1. The molecule has 6 bridgehead atoms. The van der Waals surface area contributed by atoms with Gasteiger partial charge in [-0.1, -0.05) is 39.3 Å². The number of hydrogen-bond donors (Lipinski definition) is 1. The number of pyridine rings is 1. The van der Waals surface area contributed by atoms with Crippen LogP contribution in [0.15, 0.2) is 35.8 Å². The number of carbonyl (C=O) groups is 2. The Morgan fingerprint density at radius 1 is 1.18 bits per heavy atom. The van der Waals surface area contributed by atoms with Gasteiger partial charge in [0.05, 0.1) is 19.3 Å². The molecule has 202 valence electrons. The third-order valence-electron chi connectivity index (χ3n) is 7.42. The van der Waals surface area contributed by atoms with Crippen molar-refractivity contribution in [1.29, 1.82) is 0 Å². The third kappa shape index (κ3) is 5.62. The summed E-state index contributed by atoms with van der Waals surface area (Å²) in [5, 5.41) is 8.19. The molecule has 0 saturated carbocycles. The van der Waals surface area contributed by atoms with E-state index in [1.54, 1.807) is 11.1 Å². The first kappa shape index (κ1) is 26.4. The highest BCUT2D eigenvalue weighted by Crippen LogP contribution is 2.33. The lowest BCUT2D eigenvalue weighted by atomic mass is 9.85. The molecule has 38 heavy (non-hydrogen) atoms. The fraction of sp³-hybridized carbons (Fsp3) is 0.517. The number of ether oxygens (including phenoxy) is 2. The monoisotopic (exact) mass is 536 g/mol. The van der Waals surface area contributed by atoms with Crippen LogP contribution < -0.4 is 10.1 Å². The molecule has 1 aromatic carbocycles. The molecule has 1 fully saturated rings. The largest absolute Gasteiger partial charge is 0.472 e. The van der Waals surface area contributed by atoms with Crippen LogP contribution in [0.4, 0.5) is 5.13 Å². The molecule has 0 aliphatic carbocycles. The minimum absolute atomic E-state index is 0.165. The highest BCUT2D eigenvalue weighted by Gasteiger charge is 2.46. The van der Waals surface area contributed by atoms with Gasteiger partial charge >= 0.3 is 5.97 Å². The molecule has 8 nitrogen and oxygen atoms in total. The zero-order chi connectivity index (χ0) is 26.9. The number of rotatable bonds is 1. The molecule has 3 aromatic rings. The van der Waals surface area contributed by atoms with Gasteiger partial charge in [0.15, 0.2) is 5.13 Å². The SMILES string of the molecule is COC(=O)[C@@H]1C[C@@H]2CN1C(=O)[C@H](C(C)(C)C)Nc1nc(cs1)CCCCCc1ccc3ccnc(c3c1)O2. The quantitative estimate of drug-likeness (QED) is 0.437.